The Morgan fingerprint density at radius 1 is 1.36 bits per heavy atom. The minimum atomic E-state index is -0.455. The Morgan fingerprint density at radius 2 is 2.05 bits per heavy atom. The molecule has 122 valence electrons. The number of aromatic hydroxyl groups is 1. The first-order chi connectivity index (χ1) is 10.6. The number of ether oxygens (including phenoxy) is 1. The van der Waals surface area contributed by atoms with E-state index < -0.39 is 6.23 Å². The number of nitrogens with zero attached hydrogens (tertiary/aromatic N) is 1. The third-order valence-corrected chi connectivity index (χ3v) is 3.41. The molecule has 1 fully saturated rings. The number of amides is 2. The van der Waals surface area contributed by atoms with Crippen LogP contribution in [0.15, 0.2) is 24.3 Å². The summed E-state index contributed by atoms with van der Waals surface area (Å²) in [6.07, 6.45) is -0.455. The molecule has 7 heteroatoms. The molecule has 1 aliphatic heterocycles. The molecule has 1 aliphatic rings. The van der Waals surface area contributed by atoms with Gasteiger partial charge in [0.05, 0.1) is 0 Å². The molecule has 0 aliphatic carbocycles. The van der Waals surface area contributed by atoms with Gasteiger partial charge in [-0.2, -0.15) is 0 Å². The minimum absolute atomic E-state index is 0.179. The topological polar surface area (TPSA) is 85.9 Å². The van der Waals surface area contributed by atoms with Gasteiger partial charge in [0.15, 0.2) is 6.23 Å². The van der Waals surface area contributed by atoms with Crippen molar-refractivity contribution in [3.05, 3.63) is 24.3 Å². The number of benzene rings is 1. The fourth-order valence-electron chi connectivity index (χ4n) is 2.26. The standard InChI is InChI=1S/C15H24N4O3/c1-12(22-14-4-2-13(20)3-5-14)18-15(21)17-8-11-19-9-6-16-7-10-19/h2-5,12,16,20H,6-11H2,1H3,(H2,17,18,21). The number of phenolic OH excluding ortho intramolecular Hbond substituents is 1. The van der Waals surface area contributed by atoms with E-state index in [-0.39, 0.29) is 11.8 Å². The van der Waals surface area contributed by atoms with Crippen LogP contribution in [0.25, 0.3) is 0 Å². The smallest absolute Gasteiger partial charge is 0.317 e. The summed E-state index contributed by atoms with van der Waals surface area (Å²) in [7, 11) is 0. The number of carbonyl (C=O) groups is 1. The molecular formula is C15H24N4O3. The SMILES string of the molecule is CC(NC(=O)NCCN1CCNCC1)Oc1ccc(O)cc1. The average Bonchev–Trinajstić information content (AvgIpc) is 2.50. The molecule has 1 aromatic rings. The molecule has 0 saturated carbocycles. The number of nitrogens with one attached hydrogen (secondary N) is 3. The Labute approximate surface area is 130 Å². The van der Waals surface area contributed by atoms with Gasteiger partial charge in [0.2, 0.25) is 0 Å². The van der Waals surface area contributed by atoms with Crippen LogP contribution in [0, 0.1) is 0 Å². The van der Waals surface area contributed by atoms with Crippen molar-refractivity contribution in [2.75, 3.05) is 39.3 Å². The van der Waals surface area contributed by atoms with Gasteiger partial charge in [0, 0.05) is 39.3 Å². The lowest BCUT2D eigenvalue weighted by Crippen LogP contribution is -2.48. The molecule has 2 amide bonds. The highest BCUT2D eigenvalue weighted by molar-refractivity contribution is 5.73. The molecular weight excluding hydrogens is 284 g/mol. The van der Waals surface area contributed by atoms with Crippen LogP contribution in [-0.2, 0) is 0 Å². The number of hydrogen-bond donors (Lipinski definition) is 4. The minimum Gasteiger partial charge on any atom is -0.508 e. The number of urea groups is 1. The van der Waals surface area contributed by atoms with Crippen LogP contribution in [0.2, 0.25) is 0 Å². The van der Waals surface area contributed by atoms with Gasteiger partial charge in [0.1, 0.15) is 11.5 Å². The number of rotatable bonds is 6. The van der Waals surface area contributed by atoms with Crippen molar-refractivity contribution in [2.24, 2.45) is 0 Å². The first-order valence-electron chi connectivity index (χ1n) is 7.56. The highest BCUT2D eigenvalue weighted by Gasteiger charge is 2.11. The first-order valence-corrected chi connectivity index (χ1v) is 7.56. The quantitative estimate of drug-likeness (QED) is 0.569. The Balaban J connectivity index is 1.62. The van der Waals surface area contributed by atoms with E-state index in [2.05, 4.69) is 20.9 Å². The molecule has 0 radical (unpaired) electrons. The zero-order chi connectivity index (χ0) is 15.8. The van der Waals surface area contributed by atoms with Gasteiger partial charge in [-0.1, -0.05) is 0 Å². The van der Waals surface area contributed by atoms with Gasteiger partial charge in [-0.05, 0) is 31.2 Å². The summed E-state index contributed by atoms with van der Waals surface area (Å²) in [5.74, 6) is 0.769. The second-order valence-corrected chi connectivity index (χ2v) is 5.25. The number of hydrogen-bond acceptors (Lipinski definition) is 5. The summed E-state index contributed by atoms with van der Waals surface area (Å²) in [6.45, 7) is 7.25. The van der Waals surface area contributed by atoms with Crippen molar-refractivity contribution >= 4 is 6.03 Å². The van der Waals surface area contributed by atoms with Crippen molar-refractivity contribution in [1.82, 2.24) is 20.9 Å². The van der Waals surface area contributed by atoms with E-state index in [4.69, 9.17) is 4.74 Å². The second kappa shape index (κ2) is 8.45. The largest absolute Gasteiger partial charge is 0.508 e. The van der Waals surface area contributed by atoms with Crippen LogP contribution in [0.5, 0.6) is 11.5 Å². The van der Waals surface area contributed by atoms with Gasteiger partial charge in [-0.15, -0.1) is 0 Å². The van der Waals surface area contributed by atoms with E-state index in [0.29, 0.717) is 12.3 Å². The summed E-state index contributed by atoms with van der Waals surface area (Å²) in [5, 5.41) is 18.0. The number of phenols is 1. The van der Waals surface area contributed by atoms with Gasteiger partial charge in [-0.3, -0.25) is 4.90 Å². The third-order valence-electron chi connectivity index (χ3n) is 3.41. The van der Waals surface area contributed by atoms with Crippen LogP contribution in [0.1, 0.15) is 6.92 Å². The summed E-state index contributed by atoms with van der Waals surface area (Å²) < 4.78 is 5.53. The number of carbonyl (C=O) groups excluding carboxylic acids is 1. The van der Waals surface area contributed by atoms with Gasteiger partial charge in [-0.25, -0.2) is 4.79 Å². The van der Waals surface area contributed by atoms with Crippen molar-refractivity contribution in [1.29, 1.82) is 0 Å². The Bertz CT molecular complexity index is 460. The van der Waals surface area contributed by atoms with Crippen molar-refractivity contribution in [3.8, 4) is 11.5 Å². The molecule has 1 unspecified atom stereocenters. The zero-order valence-electron chi connectivity index (χ0n) is 12.8. The predicted molar refractivity (Wildman–Crippen MR) is 84.0 cm³/mol. The molecule has 0 bridgehead atoms. The first kappa shape index (κ1) is 16.4. The number of piperazine rings is 1. The zero-order valence-corrected chi connectivity index (χ0v) is 12.8. The maximum Gasteiger partial charge on any atom is 0.317 e. The average molecular weight is 308 g/mol. The Hall–Kier alpha value is -1.99. The van der Waals surface area contributed by atoms with Crippen molar-refractivity contribution in [2.45, 2.75) is 13.2 Å². The van der Waals surface area contributed by atoms with E-state index in [1.165, 1.54) is 12.1 Å². The van der Waals surface area contributed by atoms with Gasteiger partial charge < -0.3 is 25.8 Å². The lowest BCUT2D eigenvalue weighted by Gasteiger charge is -2.27. The molecule has 4 N–H and O–H groups in total. The Kier molecular flexibility index (Phi) is 6.29. The third kappa shape index (κ3) is 5.79. The van der Waals surface area contributed by atoms with Crippen LogP contribution >= 0.6 is 0 Å². The molecule has 0 aromatic heterocycles. The molecule has 0 spiro atoms. The highest BCUT2D eigenvalue weighted by Crippen LogP contribution is 2.16. The fraction of sp³-hybridized carbons (Fsp3) is 0.533. The van der Waals surface area contributed by atoms with E-state index in [9.17, 15) is 9.90 Å². The maximum atomic E-state index is 11.8. The van der Waals surface area contributed by atoms with E-state index in [1.807, 2.05) is 0 Å². The predicted octanol–water partition coefficient (Wildman–Crippen LogP) is 0.321. The van der Waals surface area contributed by atoms with E-state index in [0.717, 1.165) is 32.7 Å². The molecule has 1 atom stereocenters. The fourth-order valence-corrected chi connectivity index (χ4v) is 2.26. The lowest BCUT2D eigenvalue weighted by molar-refractivity contribution is 0.175. The summed E-state index contributed by atoms with van der Waals surface area (Å²) in [4.78, 5) is 14.1. The molecule has 1 heterocycles. The summed E-state index contributed by atoms with van der Waals surface area (Å²) >= 11 is 0. The lowest BCUT2D eigenvalue weighted by atomic mass is 10.3. The maximum absolute atomic E-state index is 11.8. The molecule has 1 saturated heterocycles. The van der Waals surface area contributed by atoms with Gasteiger partial charge >= 0.3 is 6.03 Å². The normalized spacial score (nSPS) is 16.8. The molecule has 1 aromatic carbocycles. The highest BCUT2D eigenvalue weighted by atomic mass is 16.5. The second-order valence-electron chi connectivity index (χ2n) is 5.25. The van der Waals surface area contributed by atoms with Crippen molar-refractivity contribution < 1.29 is 14.6 Å². The molecule has 22 heavy (non-hydrogen) atoms. The van der Waals surface area contributed by atoms with E-state index in [1.54, 1.807) is 19.1 Å². The van der Waals surface area contributed by atoms with Crippen molar-refractivity contribution in [3.63, 3.8) is 0 Å². The van der Waals surface area contributed by atoms with Crippen LogP contribution in [0.3, 0.4) is 0 Å². The van der Waals surface area contributed by atoms with Crippen LogP contribution in [0.4, 0.5) is 4.79 Å². The molecule has 2 rings (SSSR count). The monoisotopic (exact) mass is 308 g/mol. The summed E-state index contributed by atoms with van der Waals surface area (Å²) in [5.41, 5.74) is 0. The van der Waals surface area contributed by atoms with E-state index >= 15 is 0 Å². The summed E-state index contributed by atoms with van der Waals surface area (Å²) in [6, 6.07) is 6.12. The molecule has 7 nitrogen and oxygen atoms in total. The van der Waals surface area contributed by atoms with Gasteiger partial charge in [0.25, 0.3) is 0 Å². The Morgan fingerprint density at radius 3 is 2.73 bits per heavy atom. The van der Waals surface area contributed by atoms with Crippen LogP contribution in [-0.4, -0.2) is 61.5 Å². The van der Waals surface area contributed by atoms with Crippen LogP contribution < -0.4 is 20.7 Å².